The van der Waals surface area contributed by atoms with Gasteiger partial charge in [0.15, 0.2) is 0 Å². The molecule has 0 aliphatic carbocycles. The number of carbonyl (C=O) groups excluding carboxylic acids is 1. The monoisotopic (exact) mass is 450 g/mol. The normalized spacial score (nSPS) is 16.7. The summed E-state index contributed by atoms with van der Waals surface area (Å²) in [4.78, 5) is 11.7. The average Bonchev–Trinajstić information content (AvgIpc) is 3.19. The third-order valence-corrected chi connectivity index (χ3v) is 7.10. The highest BCUT2D eigenvalue weighted by atomic mass is 35.5. The molecule has 6 nitrogen and oxygen atoms in total. The first-order chi connectivity index (χ1) is 13.6. The van der Waals surface area contributed by atoms with Crippen molar-refractivity contribution in [2.45, 2.75) is 30.5 Å². The lowest BCUT2D eigenvalue weighted by Crippen LogP contribution is -2.43. The molecule has 2 aromatic rings. The van der Waals surface area contributed by atoms with Crippen LogP contribution in [-0.4, -0.2) is 31.7 Å². The summed E-state index contributed by atoms with van der Waals surface area (Å²) in [6.07, 6.45) is -2.70. The molecule has 2 heterocycles. The third kappa shape index (κ3) is 4.93. The van der Waals surface area contributed by atoms with Gasteiger partial charge in [-0.15, -0.1) is 0 Å². The van der Waals surface area contributed by atoms with E-state index in [2.05, 4.69) is 5.32 Å². The Labute approximate surface area is 170 Å². The van der Waals surface area contributed by atoms with Crippen LogP contribution < -0.4 is 5.32 Å². The Morgan fingerprint density at radius 3 is 2.52 bits per heavy atom. The summed E-state index contributed by atoms with van der Waals surface area (Å²) in [6, 6.07) is 5.61. The van der Waals surface area contributed by atoms with Crippen LogP contribution in [0, 0.1) is 5.92 Å². The number of halogens is 4. The van der Waals surface area contributed by atoms with Gasteiger partial charge in [-0.05, 0) is 43.2 Å². The molecular weight excluding hydrogens is 433 g/mol. The third-order valence-electron chi connectivity index (χ3n) is 4.72. The molecule has 1 saturated heterocycles. The fourth-order valence-corrected chi connectivity index (χ4v) is 5.08. The lowest BCUT2D eigenvalue weighted by Gasteiger charge is -2.30. The van der Waals surface area contributed by atoms with Crippen molar-refractivity contribution in [1.29, 1.82) is 0 Å². The second-order valence-corrected chi connectivity index (χ2v) is 8.93. The van der Waals surface area contributed by atoms with Crippen LogP contribution in [0.25, 0.3) is 0 Å². The Hall–Kier alpha value is -2.04. The van der Waals surface area contributed by atoms with Crippen molar-refractivity contribution in [3.63, 3.8) is 0 Å². The van der Waals surface area contributed by atoms with Crippen LogP contribution in [0.1, 0.15) is 24.2 Å². The van der Waals surface area contributed by atoms with Crippen molar-refractivity contribution >= 4 is 27.5 Å². The molecule has 1 N–H and O–H groups in total. The highest BCUT2D eigenvalue weighted by Gasteiger charge is 2.36. The number of piperidine rings is 1. The molecular formula is C18H18ClF3N2O4S. The Kier molecular flexibility index (Phi) is 6.25. The van der Waals surface area contributed by atoms with Gasteiger partial charge in [0.05, 0.1) is 23.4 Å². The molecule has 11 heteroatoms. The first kappa shape index (κ1) is 21.7. The lowest BCUT2D eigenvalue weighted by molar-refractivity contribution is -0.137. The summed E-state index contributed by atoms with van der Waals surface area (Å²) in [7, 11) is -4.22. The molecule has 1 aliphatic heterocycles. The topological polar surface area (TPSA) is 79.6 Å². The van der Waals surface area contributed by atoms with Crippen LogP contribution in [0.3, 0.4) is 0 Å². The first-order valence-corrected chi connectivity index (χ1v) is 10.6. The number of amides is 1. The zero-order chi connectivity index (χ0) is 21.2. The highest BCUT2D eigenvalue weighted by molar-refractivity contribution is 7.89. The quantitative estimate of drug-likeness (QED) is 0.753. The summed E-state index contributed by atoms with van der Waals surface area (Å²) in [6.45, 7) is 0.242. The zero-order valence-corrected chi connectivity index (χ0v) is 16.6. The standard InChI is InChI=1S/C18H18ClF3N2O4S/c19-15-4-3-13(18(20,21)22)10-16(15)29(26,27)24-7-5-12(6-8-24)17(25)23-11-14-2-1-9-28-14/h1-4,9-10,12H,5-8,11H2,(H,23,25). The molecule has 1 aromatic heterocycles. The van der Waals surface area contributed by atoms with Crippen molar-refractivity contribution in [2.24, 2.45) is 5.92 Å². The van der Waals surface area contributed by atoms with Gasteiger partial charge in [0.1, 0.15) is 10.7 Å². The van der Waals surface area contributed by atoms with Crippen LogP contribution in [0.5, 0.6) is 0 Å². The van der Waals surface area contributed by atoms with E-state index in [-0.39, 0.29) is 43.4 Å². The largest absolute Gasteiger partial charge is 0.467 e. The SMILES string of the molecule is O=C(NCc1ccco1)C1CCN(S(=O)(=O)c2cc(C(F)(F)F)ccc2Cl)CC1. The predicted octanol–water partition coefficient (Wildman–Crippen LogP) is 3.67. The van der Waals surface area contributed by atoms with Gasteiger partial charge in [0, 0.05) is 19.0 Å². The lowest BCUT2D eigenvalue weighted by atomic mass is 9.97. The molecule has 3 rings (SSSR count). The van der Waals surface area contributed by atoms with Gasteiger partial charge in [-0.3, -0.25) is 4.79 Å². The highest BCUT2D eigenvalue weighted by Crippen LogP contribution is 2.35. The van der Waals surface area contributed by atoms with Gasteiger partial charge in [-0.2, -0.15) is 17.5 Å². The maximum Gasteiger partial charge on any atom is 0.416 e. The summed E-state index contributed by atoms with van der Waals surface area (Å²) in [5.41, 5.74) is -1.09. The van der Waals surface area contributed by atoms with E-state index in [1.54, 1.807) is 12.1 Å². The number of hydrogen-bond donors (Lipinski definition) is 1. The summed E-state index contributed by atoms with van der Waals surface area (Å²) in [5.74, 6) is -0.0264. The van der Waals surface area contributed by atoms with Crippen LogP contribution in [0.4, 0.5) is 13.2 Å². The predicted molar refractivity (Wildman–Crippen MR) is 98.5 cm³/mol. The Morgan fingerprint density at radius 1 is 1.24 bits per heavy atom. The second-order valence-electron chi connectivity index (χ2n) is 6.62. The molecule has 1 amide bonds. The van der Waals surface area contributed by atoms with Crippen molar-refractivity contribution in [3.8, 4) is 0 Å². The minimum Gasteiger partial charge on any atom is -0.467 e. The van der Waals surface area contributed by atoms with E-state index in [9.17, 15) is 26.4 Å². The Balaban J connectivity index is 1.66. The Morgan fingerprint density at radius 2 is 1.93 bits per heavy atom. The van der Waals surface area contributed by atoms with Gasteiger partial charge < -0.3 is 9.73 Å². The number of nitrogens with zero attached hydrogens (tertiary/aromatic N) is 1. The van der Waals surface area contributed by atoms with Crippen molar-refractivity contribution < 1.29 is 30.8 Å². The second kappa shape index (κ2) is 8.37. The number of alkyl halides is 3. The minimum absolute atomic E-state index is 0.00768. The first-order valence-electron chi connectivity index (χ1n) is 8.76. The number of sulfonamides is 1. The van der Waals surface area contributed by atoms with E-state index in [0.717, 1.165) is 16.4 Å². The summed E-state index contributed by atoms with van der Waals surface area (Å²) in [5, 5.41) is 2.45. The minimum atomic E-state index is -4.69. The number of nitrogens with one attached hydrogen (secondary N) is 1. The van der Waals surface area contributed by atoms with Crippen molar-refractivity contribution in [1.82, 2.24) is 9.62 Å². The molecule has 1 aliphatic rings. The number of furan rings is 1. The Bertz CT molecular complexity index is 969. The number of rotatable bonds is 5. The molecule has 0 spiro atoms. The number of carbonyl (C=O) groups is 1. The smallest absolute Gasteiger partial charge is 0.416 e. The number of benzene rings is 1. The molecule has 0 unspecified atom stereocenters. The summed E-state index contributed by atoms with van der Waals surface area (Å²) < 4.78 is 70.6. The average molecular weight is 451 g/mol. The molecule has 0 saturated carbocycles. The van der Waals surface area contributed by atoms with Crippen LogP contribution >= 0.6 is 11.6 Å². The van der Waals surface area contributed by atoms with Crippen molar-refractivity contribution in [3.05, 3.63) is 52.9 Å². The van der Waals surface area contributed by atoms with E-state index >= 15 is 0 Å². The van der Waals surface area contributed by atoms with Gasteiger partial charge in [0.2, 0.25) is 15.9 Å². The van der Waals surface area contributed by atoms with Crippen LogP contribution in [0.2, 0.25) is 5.02 Å². The molecule has 0 radical (unpaired) electrons. The fourth-order valence-electron chi connectivity index (χ4n) is 3.11. The molecule has 1 aromatic carbocycles. The van der Waals surface area contributed by atoms with Crippen LogP contribution in [0.15, 0.2) is 45.9 Å². The fraction of sp³-hybridized carbons (Fsp3) is 0.389. The number of hydrogen-bond acceptors (Lipinski definition) is 4. The van der Waals surface area contributed by atoms with Crippen molar-refractivity contribution in [2.75, 3.05) is 13.1 Å². The van der Waals surface area contributed by atoms with E-state index in [4.69, 9.17) is 16.0 Å². The van der Waals surface area contributed by atoms with Gasteiger partial charge in [-0.25, -0.2) is 8.42 Å². The van der Waals surface area contributed by atoms with Gasteiger partial charge in [-0.1, -0.05) is 11.6 Å². The van der Waals surface area contributed by atoms with Crippen LogP contribution in [-0.2, 0) is 27.5 Å². The van der Waals surface area contributed by atoms with E-state index < -0.39 is 32.6 Å². The molecule has 1 fully saturated rings. The van der Waals surface area contributed by atoms with E-state index in [1.165, 1.54) is 6.26 Å². The maximum atomic E-state index is 12.9. The van der Waals surface area contributed by atoms with Gasteiger partial charge >= 0.3 is 6.18 Å². The van der Waals surface area contributed by atoms with Gasteiger partial charge in [0.25, 0.3) is 0 Å². The zero-order valence-electron chi connectivity index (χ0n) is 15.1. The molecule has 0 bridgehead atoms. The summed E-state index contributed by atoms with van der Waals surface area (Å²) >= 11 is 5.87. The van der Waals surface area contributed by atoms with E-state index in [1.807, 2.05) is 0 Å². The maximum absolute atomic E-state index is 12.9. The molecule has 29 heavy (non-hydrogen) atoms. The van der Waals surface area contributed by atoms with E-state index in [0.29, 0.717) is 11.8 Å². The molecule has 158 valence electrons. The molecule has 0 atom stereocenters.